The summed E-state index contributed by atoms with van der Waals surface area (Å²) in [5.41, 5.74) is 3.40. The predicted molar refractivity (Wildman–Crippen MR) is 139 cm³/mol. The monoisotopic (exact) mass is 481 g/mol. The van der Waals surface area contributed by atoms with Crippen LogP contribution in [0, 0.1) is 6.92 Å². The van der Waals surface area contributed by atoms with Crippen LogP contribution in [0.2, 0.25) is 0 Å². The number of amides is 1. The third kappa shape index (κ3) is 4.26. The maximum absolute atomic E-state index is 13.8. The molecule has 182 valence electrons. The van der Waals surface area contributed by atoms with Gasteiger partial charge in [-0.05, 0) is 60.9 Å². The van der Waals surface area contributed by atoms with Crippen LogP contribution in [0.4, 0.5) is 0 Å². The van der Waals surface area contributed by atoms with Gasteiger partial charge < -0.3 is 18.8 Å². The van der Waals surface area contributed by atoms with E-state index in [4.69, 9.17) is 13.9 Å². The lowest BCUT2D eigenvalue weighted by atomic mass is 9.97. The molecule has 2 heterocycles. The minimum absolute atomic E-state index is 0.105. The van der Waals surface area contributed by atoms with Crippen molar-refractivity contribution in [2.75, 3.05) is 20.3 Å². The minimum Gasteiger partial charge on any atom is -0.497 e. The van der Waals surface area contributed by atoms with Crippen molar-refractivity contribution in [2.24, 2.45) is 0 Å². The van der Waals surface area contributed by atoms with E-state index in [1.165, 1.54) is 0 Å². The summed E-state index contributed by atoms with van der Waals surface area (Å²) < 4.78 is 17.0. The van der Waals surface area contributed by atoms with Gasteiger partial charge in [-0.25, -0.2) is 0 Å². The zero-order chi connectivity index (χ0) is 25.2. The van der Waals surface area contributed by atoms with E-state index in [2.05, 4.69) is 6.58 Å². The molecular weight excluding hydrogens is 454 g/mol. The van der Waals surface area contributed by atoms with Gasteiger partial charge in [0.15, 0.2) is 5.43 Å². The lowest BCUT2D eigenvalue weighted by Gasteiger charge is -2.25. The summed E-state index contributed by atoms with van der Waals surface area (Å²) in [4.78, 5) is 29.1. The van der Waals surface area contributed by atoms with Crippen molar-refractivity contribution in [1.82, 2.24) is 4.90 Å². The number of aryl methyl sites for hydroxylation is 1. The topological polar surface area (TPSA) is 69.0 Å². The molecule has 0 fully saturated rings. The van der Waals surface area contributed by atoms with Crippen molar-refractivity contribution in [2.45, 2.75) is 19.4 Å². The third-order valence-electron chi connectivity index (χ3n) is 6.46. The molecular formula is C30H27NO5. The predicted octanol–water partition coefficient (Wildman–Crippen LogP) is 5.46. The number of ether oxygens (including phenoxy) is 2. The quantitative estimate of drug-likeness (QED) is 0.313. The van der Waals surface area contributed by atoms with Gasteiger partial charge in [0.2, 0.25) is 5.76 Å². The molecule has 1 aliphatic rings. The van der Waals surface area contributed by atoms with E-state index in [1.54, 1.807) is 24.2 Å². The van der Waals surface area contributed by atoms with Gasteiger partial charge in [-0.3, -0.25) is 9.59 Å². The van der Waals surface area contributed by atoms with E-state index in [0.29, 0.717) is 41.9 Å². The van der Waals surface area contributed by atoms with E-state index >= 15 is 0 Å². The Morgan fingerprint density at radius 1 is 1.03 bits per heavy atom. The summed E-state index contributed by atoms with van der Waals surface area (Å²) in [7, 11) is 1.63. The first-order valence-corrected chi connectivity index (χ1v) is 11.8. The Morgan fingerprint density at radius 3 is 2.58 bits per heavy atom. The molecule has 0 bridgehead atoms. The smallest absolute Gasteiger partial charge is 0.290 e. The molecule has 4 aromatic rings. The molecule has 0 N–H and O–H groups in total. The fraction of sp³-hybridized carbons (Fsp3) is 0.200. The molecule has 1 aromatic heterocycles. The van der Waals surface area contributed by atoms with Crippen molar-refractivity contribution in [1.29, 1.82) is 0 Å². The second-order valence-electron chi connectivity index (χ2n) is 8.84. The van der Waals surface area contributed by atoms with Crippen molar-refractivity contribution >= 4 is 16.9 Å². The maximum Gasteiger partial charge on any atom is 0.290 e. The number of carbonyl (C=O) groups is 1. The highest BCUT2D eigenvalue weighted by molar-refractivity contribution is 5.99. The van der Waals surface area contributed by atoms with Crippen LogP contribution in [-0.2, 0) is 6.42 Å². The first kappa shape index (κ1) is 23.4. The Hall–Kier alpha value is -4.32. The number of nitrogens with zero attached hydrogens (tertiary/aromatic N) is 1. The second-order valence-corrected chi connectivity index (χ2v) is 8.84. The molecule has 3 aromatic carbocycles. The Labute approximate surface area is 209 Å². The first-order valence-electron chi connectivity index (χ1n) is 11.8. The standard InChI is InChI=1S/C30H27NO5/c1-4-16-35-23-7-5-6-21(18-23)27-26-28(32)24-17-19(2)8-13-25(24)36-29(26)30(33)31(27)15-14-20-9-11-22(34-3)12-10-20/h4-13,17-18,27H,1,14-16H2,2-3H3. The largest absolute Gasteiger partial charge is 0.497 e. The molecule has 6 heteroatoms. The van der Waals surface area contributed by atoms with Crippen LogP contribution < -0.4 is 14.9 Å². The third-order valence-corrected chi connectivity index (χ3v) is 6.46. The second kappa shape index (κ2) is 9.74. The van der Waals surface area contributed by atoms with Gasteiger partial charge in [0.05, 0.1) is 24.1 Å². The van der Waals surface area contributed by atoms with Crippen LogP contribution in [0.3, 0.4) is 0 Å². The summed E-state index contributed by atoms with van der Waals surface area (Å²) in [5, 5.41) is 0.475. The highest BCUT2D eigenvalue weighted by Gasteiger charge is 2.42. The van der Waals surface area contributed by atoms with Crippen molar-refractivity contribution in [3.8, 4) is 11.5 Å². The SMILES string of the molecule is C=CCOc1cccc(C2c3c(oc4ccc(C)cc4c3=O)C(=O)N2CCc2ccc(OC)cc2)c1. The normalized spacial score (nSPS) is 14.7. The Bertz CT molecular complexity index is 1500. The molecule has 0 saturated carbocycles. The van der Waals surface area contributed by atoms with E-state index < -0.39 is 6.04 Å². The van der Waals surface area contributed by atoms with Gasteiger partial charge >= 0.3 is 0 Å². The number of benzene rings is 3. The van der Waals surface area contributed by atoms with Gasteiger partial charge in [0, 0.05) is 6.54 Å². The Kier molecular flexibility index (Phi) is 6.34. The molecule has 1 atom stereocenters. The molecule has 0 radical (unpaired) electrons. The molecule has 0 spiro atoms. The Balaban J connectivity index is 1.59. The number of rotatable bonds is 8. The Morgan fingerprint density at radius 2 is 1.83 bits per heavy atom. The first-order chi connectivity index (χ1) is 17.5. The van der Waals surface area contributed by atoms with Crippen LogP contribution >= 0.6 is 0 Å². The summed E-state index contributed by atoms with van der Waals surface area (Å²) in [6.07, 6.45) is 2.28. The molecule has 0 aliphatic carbocycles. The highest BCUT2D eigenvalue weighted by Crippen LogP contribution is 2.39. The number of hydrogen-bond acceptors (Lipinski definition) is 5. The molecule has 1 unspecified atom stereocenters. The lowest BCUT2D eigenvalue weighted by molar-refractivity contribution is 0.0730. The molecule has 1 aliphatic heterocycles. The van der Waals surface area contributed by atoms with Gasteiger partial charge in [-0.15, -0.1) is 0 Å². The number of hydrogen-bond donors (Lipinski definition) is 0. The summed E-state index contributed by atoms with van der Waals surface area (Å²) >= 11 is 0. The van der Waals surface area contributed by atoms with E-state index in [1.807, 2.05) is 67.6 Å². The van der Waals surface area contributed by atoms with E-state index in [9.17, 15) is 9.59 Å². The summed E-state index contributed by atoms with van der Waals surface area (Å²) in [6.45, 7) is 6.39. The van der Waals surface area contributed by atoms with Crippen LogP contribution in [0.15, 0.2) is 88.6 Å². The van der Waals surface area contributed by atoms with Crippen LogP contribution in [0.1, 0.15) is 38.9 Å². The van der Waals surface area contributed by atoms with Crippen LogP contribution in [0.5, 0.6) is 11.5 Å². The maximum atomic E-state index is 13.8. The number of fused-ring (bicyclic) bond motifs is 2. The minimum atomic E-state index is -0.584. The van der Waals surface area contributed by atoms with Gasteiger partial charge in [0.25, 0.3) is 5.91 Å². The van der Waals surface area contributed by atoms with Crippen LogP contribution in [-0.4, -0.2) is 31.1 Å². The fourth-order valence-electron chi connectivity index (χ4n) is 4.68. The molecule has 0 saturated heterocycles. The molecule has 6 nitrogen and oxygen atoms in total. The van der Waals surface area contributed by atoms with Crippen LogP contribution in [0.25, 0.3) is 11.0 Å². The lowest BCUT2D eigenvalue weighted by Crippen LogP contribution is -2.31. The number of methoxy groups -OCH3 is 1. The van der Waals surface area contributed by atoms with Gasteiger partial charge in [-0.2, -0.15) is 0 Å². The fourth-order valence-corrected chi connectivity index (χ4v) is 4.68. The number of carbonyl (C=O) groups excluding carboxylic acids is 1. The summed E-state index contributed by atoms with van der Waals surface area (Å²) in [5.74, 6) is 1.23. The molecule has 1 amide bonds. The zero-order valence-electron chi connectivity index (χ0n) is 20.3. The van der Waals surface area contributed by atoms with Gasteiger partial charge in [0.1, 0.15) is 23.7 Å². The highest BCUT2D eigenvalue weighted by atomic mass is 16.5. The average molecular weight is 482 g/mol. The van der Waals surface area contributed by atoms with E-state index in [-0.39, 0.29) is 17.1 Å². The summed E-state index contributed by atoms with van der Waals surface area (Å²) in [6, 6.07) is 20.1. The zero-order valence-corrected chi connectivity index (χ0v) is 20.3. The average Bonchev–Trinajstić information content (AvgIpc) is 3.18. The van der Waals surface area contributed by atoms with Crippen molar-refractivity contribution in [3.63, 3.8) is 0 Å². The molecule has 5 rings (SSSR count). The van der Waals surface area contributed by atoms with Crippen molar-refractivity contribution < 1.29 is 18.7 Å². The van der Waals surface area contributed by atoms with Gasteiger partial charge in [-0.1, -0.05) is 48.6 Å². The van der Waals surface area contributed by atoms with E-state index in [0.717, 1.165) is 22.4 Å². The van der Waals surface area contributed by atoms with Crippen molar-refractivity contribution in [3.05, 3.63) is 118 Å². The molecule has 36 heavy (non-hydrogen) atoms.